The third-order valence-electron chi connectivity index (χ3n) is 2.51. The van der Waals surface area contributed by atoms with Gasteiger partial charge in [0.25, 0.3) is 0 Å². The van der Waals surface area contributed by atoms with Crippen LogP contribution in [0.5, 0.6) is 0 Å². The predicted molar refractivity (Wildman–Crippen MR) is 80.1 cm³/mol. The van der Waals surface area contributed by atoms with Crippen molar-refractivity contribution in [3.8, 4) is 0 Å². The molecular formula is C13H10BrClFNOS. The summed E-state index contributed by atoms with van der Waals surface area (Å²) in [5.41, 5.74) is 6.75. The Labute approximate surface area is 126 Å². The van der Waals surface area contributed by atoms with E-state index in [1.165, 1.54) is 18.2 Å². The zero-order valence-electron chi connectivity index (χ0n) is 9.70. The minimum absolute atomic E-state index is 0.127. The summed E-state index contributed by atoms with van der Waals surface area (Å²) in [6.45, 7) is 0. The number of anilines is 1. The molecule has 2 nitrogen and oxygen atoms in total. The average molecular weight is 363 g/mol. The van der Waals surface area contributed by atoms with Crippen molar-refractivity contribution >= 4 is 44.0 Å². The van der Waals surface area contributed by atoms with Crippen LogP contribution < -0.4 is 5.73 Å². The molecule has 0 heterocycles. The first-order valence-electron chi connectivity index (χ1n) is 5.34. The van der Waals surface area contributed by atoms with E-state index in [9.17, 15) is 8.60 Å². The van der Waals surface area contributed by atoms with Crippen LogP contribution in [0, 0.1) is 5.82 Å². The first-order valence-corrected chi connectivity index (χ1v) is 7.83. The van der Waals surface area contributed by atoms with Crippen LogP contribution >= 0.6 is 27.5 Å². The van der Waals surface area contributed by atoms with E-state index < -0.39 is 16.6 Å². The Balaban J connectivity index is 2.28. The third kappa shape index (κ3) is 3.55. The SMILES string of the molecule is Nc1cc(Br)ccc1S(=O)Cc1cc(F)ccc1Cl. The second kappa shape index (κ2) is 6.03. The summed E-state index contributed by atoms with van der Waals surface area (Å²) in [7, 11) is -1.37. The van der Waals surface area contributed by atoms with E-state index in [1.54, 1.807) is 18.2 Å². The number of hydrogen-bond acceptors (Lipinski definition) is 2. The summed E-state index contributed by atoms with van der Waals surface area (Å²) in [6, 6.07) is 9.13. The van der Waals surface area contributed by atoms with E-state index in [-0.39, 0.29) is 5.75 Å². The van der Waals surface area contributed by atoms with Gasteiger partial charge in [-0.3, -0.25) is 4.21 Å². The van der Waals surface area contributed by atoms with Gasteiger partial charge in [0.2, 0.25) is 0 Å². The molecule has 0 saturated carbocycles. The van der Waals surface area contributed by atoms with Crippen molar-refractivity contribution in [2.45, 2.75) is 10.6 Å². The molecule has 0 aliphatic rings. The van der Waals surface area contributed by atoms with E-state index in [2.05, 4.69) is 15.9 Å². The lowest BCUT2D eigenvalue weighted by Gasteiger charge is -2.08. The molecule has 6 heteroatoms. The van der Waals surface area contributed by atoms with Crippen molar-refractivity contribution in [1.29, 1.82) is 0 Å². The van der Waals surface area contributed by atoms with Crippen LogP contribution in [-0.2, 0) is 16.6 Å². The lowest BCUT2D eigenvalue weighted by molar-refractivity contribution is 0.626. The maximum atomic E-state index is 13.1. The molecule has 0 fully saturated rings. The van der Waals surface area contributed by atoms with Gasteiger partial charge in [-0.2, -0.15) is 0 Å². The highest BCUT2D eigenvalue weighted by Gasteiger charge is 2.12. The highest BCUT2D eigenvalue weighted by molar-refractivity contribution is 9.10. The van der Waals surface area contributed by atoms with E-state index in [0.717, 1.165) is 4.47 Å². The Morgan fingerprint density at radius 2 is 2.00 bits per heavy atom. The number of nitrogens with two attached hydrogens (primary N) is 1. The molecule has 0 spiro atoms. The summed E-state index contributed by atoms with van der Waals surface area (Å²) in [4.78, 5) is 0.517. The molecule has 0 saturated heterocycles. The van der Waals surface area contributed by atoms with E-state index in [1.807, 2.05) is 0 Å². The summed E-state index contributed by atoms with van der Waals surface area (Å²) in [6.07, 6.45) is 0. The molecule has 1 atom stereocenters. The molecule has 0 aliphatic heterocycles. The van der Waals surface area contributed by atoms with Crippen molar-refractivity contribution in [1.82, 2.24) is 0 Å². The summed E-state index contributed by atoms with van der Waals surface area (Å²) in [5.74, 6) is -0.275. The molecule has 2 aromatic rings. The standard InChI is InChI=1S/C13H10BrClFNOS/c14-9-1-4-13(12(17)6-9)19(18)7-8-5-10(16)2-3-11(8)15/h1-6H,7,17H2. The van der Waals surface area contributed by atoms with Gasteiger partial charge in [0.15, 0.2) is 0 Å². The summed E-state index contributed by atoms with van der Waals surface area (Å²) >= 11 is 9.24. The van der Waals surface area contributed by atoms with Crippen LogP contribution in [0.4, 0.5) is 10.1 Å². The van der Waals surface area contributed by atoms with Crippen molar-refractivity contribution in [2.75, 3.05) is 5.73 Å². The highest BCUT2D eigenvalue weighted by Crippen LogP contribution is 2.25. The first kappa shape index (κ1) is 14.5. The van der Waals surface area contributed by atoms with E-state index in [0.29, 0.717) is 21.2 Å². The van der Waals surface area contributed by atoms with Gasteiger partial charge in [-0.15, -0.1) is 0 Å². The molecular weight excluding hydrogens is 353 g/mol. The average Bonchev–Trinajstić information content (AvgIpc) is 2.33. The summed E-state index contributed by atoms with van der Waals surface area (Å²) in [5, 5.41) is 0.394. The van der Waals surface area contributed by atoms with Gasteiger partial charge in [0.05, 0.1) is 21.4 Å². The normalized spacial score (nSPS) is 12.4. The lowest BCUT2D eigenvalue weighted by atomic mass is 10.2. The molecule has 2 N–H and O–H groups in total. The Morgan fingerprint density at radius 1 is 1.26 bits per heavy atom. The maximum Gasteiger partial charge on any atom is 0.123 e. The van der Waals surface area contributed by atoms with Crippen LogP contribution in [0.2, 0.25) is 5.02 Å². The van der Waals surface area contributed by atoms with E-state index >= 15 is 0 Å². The van der Waals surface area contributed by atoms with Crippen LogP contribution in [0.3, 0.4) is 0 Å². The molecule has 100 valence electrons. The van der Waals surface area contributed by atoms with Crippen LogP contribution in [0.1, 0.15) is 5.56 Å². The molecule has 0 radical (unpaired) electrons. The van der Waals surface area contributed by atoms with Gasteiger partial charge in [-0.05, 0) is 42.0 Å². The Morgan fingerprint density at radius 3 is 2.68 bits per heavy atom. The smallest absolute Gasteiger partial charge is 0.123 e. The second-order valence-electron chi connectivity index (χ2n) is 3.91. The Hall–Kier alpha value is -0.910. The van der Waals surface area contributed by atoms with Gasteiger partial charge in [-0.25, -0.2) is 4.39 Å². The van der Waals surface area contributed by atoms with Gasteiger partial charge < -0.3 is 5.73 Å². The number of benzene rings is 2. The fourth-order valence-electron chi connectivity index (χ4n) is 1.60. The fraction of sp³-hybridized carbons (Fsp3) is 0.0769. The largest absolute Gasteiger partial charge is 0.398 e. The number of hydrogen-bond donors (Lipinski definition) is 1. The topological polar surface area (TPSA) is 43.1 Å². The fourth-order valence-corrected chi connectivity index (χ4v) is 3.46. The van der Waals surface area contributed by atoms with Crippen LogP contribution in [-0.4, -0.2) is 4.21 Å². The molecule has 0 bridgehead atoms. The van der Waals surface area contributed by atoms with Crippen molar-refractivity contribution in [3.63, 3.8) is 0 Å². The Kier molecular flexibility index (Phi) is 4.60. The van der Waals surface area contributed by atoms with Crippen molar-refractivity contribution in [3.05, 3.63) is 57.3 Å². The zero-order valence-corrected chi connectivity index (χ0v) is 12.9. The van der Waals surface area contributed by atoms with Gasteiger partial charge in [-0.1, -0.05) is 27.5 Å². The molecule has 0 aliphatic carbocycles. The van der Waals surface area contributed by atoms with Gasteiger partial charge in [0, 0.05) is 15.2 Å². The molecule has 2 aromatic carbocycles. The Bertz CT molecular complexity index is 651. The molecule has 1 unspecified atom stereocenters. The number of halogens is 3. The number of rotatable bonds is 3. The number of nitrogen functional groups attached to an aromatic ring is 1. The van der Waals surface area contributed by atoms with E-state index in [4.69, 9.17) is 17.3 Å². The minimum atomic E-state index is -1.37. The molecule has 0 aromatic heterocycles. The second-order valence-corrected chi connectivity index (χ2v) is 6.65. The maximum absolute atomic E-state index is 13.1. The van der Waals surface area contributed by atoms with Crippen molar-refractivity contribution < 1.29 is 8.60 Å². The minimum Gasteiger partial charge on any atom is -0.398 e. The van der Waals surface area contributed by atoms with Crippen molar-refractivity contribution in [2.24, 2.45) is 0 Å². The molecule has 0 amide bonds. The quantitative estimate of drug-likeness (QED) is 0.834. The zero-order chi connectivity index (χ0) is 14.0. The lowest BCUT2D eigenvalue weighted by Crippen LogP contribution is -2.01. The first-order chi connectivity index (χ1) is 8.97. The molecule has 19 heavy (non-hydrogen) atoms. The molecule has 2 rings (SSSR count). The van der Waals surface area contributed by atoms with Gasteiger partial charge in [0.1, 0.15) is 5.82 Å². The van der Waals surface area contributed by atoms with Gasteiger partial charge >= 0.3 is 0 Å². The monoisotopic (exact) mass is 361 g/mol. The highest BCUT2D eigenvalue weighted by atomic mass is 79.9. The van der Waals surface area contributed by atoms with Crippen LogP contribution in [0.25, 0.3) is 0 Å². The summed E-state index contributed by atoms with van der Waals surface area (Å²) < 4.78 is 26.2. The van der Waals surface area contributed by atoms with Crippen LogP contribution in [0.15, 0.2) is 45.8 Å². The predicted octanol–water partition coefficient (Wildman–Crippen LogP) is 4.13. The third-order valence-corrected chi connectivity index (χ3v) is 4.81.